The lowest BCUT2D eigenvalue weighted by Gasteiger charge is -2.24. The van der Waals surface area contributed by atoms with Gasteiger partial charge in [0, 0.05) is 12.6 Å². The Morgan fingerprint density at radius 3 is 2.67 bits per heavy atom. The van der Waals surface area contributed by atoms with E-state index in [1.807, 2.05) is 14.0 Å². The van der Waals surface area contributed by atoms with Crippen molar-refractivity contribution in [2.75, 3.05) is 26.9 Å². The number of hydrogen-bond donors (Lipinski definition) is 1. The average molecular weight is 215 g/mol. The van der Waals surface area contributed by atoms with Gasteiger partial charge in [0.15, 0.2) is 0 Å². The van der Waals surface area contributed by atoms with E-state index in [-0.39, 0.29) is 0 Å². The molecule has 0 heterocycles. The zero-order valence-corrected chi connectivity index (χ0v) is 10.1. The lowest BCUT2D eigenvalue weighted by Crippen LogP contribution is -2.39. The second-order valence-corrected chi connectivity index (χ2v) is 4.14. The van der Waals surface area contributed by atoms with E-state index in [4.69, 9.17) is 9.47 Å². The maximum Gasteiger partial charge on any atom is 0.0729 e. The van der Waals surface area contributed by atoms with Gasteiger partial charge in [-0.15, -0.1) is 0 Å². The first-order valence-electron chi connectivity index (χ1n) is 6.25. The summed E-state index contributed by atoms with van der Waals surface area (Å²) in [5.74, 6) is 0. The number of hydrogen-bond acceptors (Lipinski definition) is 3. The fourth-order valence-corrected chi connectivity index (χ4v) is 2.21. The van der Waals surface area contributed by atoms with Gasteiger partial charge >= 0.3 is 0 Å². The third-order valence-electron chi connectivity index (χ3n) is 3.09. The Labute approximate surface area is 93.5 Å². The quantitative estimate of drug-likeness (QED) is 0.543. The first kappa shape index (κ1) is 12.9. The highest BCUT2D eigenvalue weighted by Crippen LogP contribution is 2.20. The second kappa shape index (κ2) is 8.08. The summed E-state index contributed by atoms with van der Waals surface area (Å²) >= 11 is 0. The van der Waals surface area contributed by atoms with Gasteiger partial charge < -0.3 is 14.8 Å². The Kier molecular flexibility index (Phi) is 6.98. The summed E-state index contributed by atoms with van der Waals surface area (Å²) in [5, 5.41) is 3.37. The van der Waals surface area contributed by atoms with Crippen LogP contribution in [-0.2, 0) is 9.47 Å². The molecule has 1 aliphatic rings. The van der Waals surface area contributed by atoms with Crippen molar-refractivity contribution in [1.82, 2.24) is 5.32 Å². The Bertz CT molecular complexity index is 153. The van der Waals surface area contributed by atoms with Crippen molar-refractivity contribution in [2.24, 2.45) is 0 Å². The maximum atomic E-state index is 5.88. The fourth-order valence-electron chi connectivity index (χ4n) is 2.21. The molecule has 2 unspecified atom stereocenters. The summed E-state index contributed by atoms with van der Waals surface area (Å²) in [4.78, 5) is 0. The molecule has 0 spiro atoms. The van der Waals surface area contributed by atoms with Gasteiger partial charge in [-0.3, -0.25) is 0 Å². The van der Waals surface area contributed by atoms with Crippen LogP contribution in [0.3, 0.4) is 0 Å². The van der Waals surface area contributed by atoms with Crippen LogP contribution >= 0.6 is 0 Å². The van der Waals surface area contributed by atoms with E-state index in [1.165, 1.54) is 32.1 Å². The molecule has 15 heavy (non-hydrogen) atoms. The molecule has 1 rings (SSSR count). The van der Waals surface area contributed by atoms with Crippen molar-refractivity contribution in [3.05, 3.63) is 0 Å². The van der Waals surface area contributed by atoms with Crippen LogP contribution in [0.15, 0.2) is 0 Å². The van der Waals surface area contributed by atoms with Gasteiger partial charge in [-0.05, 0) is 26.8 Å². The Balaban J connectivity index is 2.22. The summed E-state index contributed by atoms with van der Waals surface area (Å²) < 4.78 is 11.2. The van der Waals surface area contributed by atoms with Crippen molar-refractivity contribution in [1.29, 1.82) is 0 Å². The molecule has 2 atom stereocenters. The number of likely N-dealkylation sites (N-methyl/N-ethyl adjacent to an activating group) is 1. The Morgan fingerprint density at radius 2 is 1.93 bits per heavy atom. The van der Waals surface area contributed by atoms with Crippen LogP contribution in [0.2, 0.25) is 0 Å². The van der Waals surface area contributed by atoms with E-state index >= 15 is 0 Å². The minimum Gasteiger partial charge on any atom is -0.379 e. The molecule has 0 bridgehead atoms. The molecule has 3 nitrogen and oxygen atoms in total. The standard InChI is InChI=1S/C12H25NO2/c1-3-14-9-10-15-12-8-6-4-5-7-11(12)13-2/h11-13H,3-10H2,1-2H3. The molecule has 3 heteroatoms. The van der Waals surface area contributed by atoms with Crippen LogP contribution < -0.4 is 5.32 Å². The van der Waals surface area contributed by atoms with Crippen LogP contribution in [0.4, 0.5) is 0 Å². The summed E-state index contributed by atoms with van der Waals surface area (Å²) in [6, 6.07) is 0.536. The van der Waals surface area contributed by atoms with Crippen LogP contribution in [-0.4, -0.2) is 39.0 Å². The predicted octanol–water partition coefficient (Wildman–Crippen LogP) is 1.96. The average Bonchev–Trinajstić information content (AvgIpc) is 2.49. The third kappa shape index (κ3) is 4.96. The molecule has 0 saturated heterocycles. The largest absolute Gasteiger partial charge is 0.379 e. The first-order valence-corrected chi connectivity index (χ1v) is 6.25. The molecular weight excluding hydrogens is 190 g/mol. The number of rotatable bonds is 6. The normalized spacial score (nSPS) is 27.6. The molecule has 1 saturated carbocycles. The molecule has 1 fully saturated rings. The van der Waals surface area contributed by atoms with Crippen LogP contribution in [0.5, 0.6) is 0 Å². The first-order chi connectivity index (χ1) is 7.38. The smallest absolute Gasteiger partial charge is 0.0729 e. The second-order valence-electron chi connectivity index (χ2n) is 4.14. The molecule has 0 aromatic rings. The summed E-state index contributed by atoms with van der Waals surface area (Å²) in [5.41, 5.74) is 0. The highest BCUT2D eigenvalue weighted by Gasteiger charge is 2.22. The monoisotopic (exact) mass is 215 g/mol. The molecule has 0 amide bonds. The van der Waals surface area contributed by atoms with E-state index < -0.39 is 0 Å². The highest BCUT2D eigenvalue weighted by atomic mass is 16.5. The zero-order chi connectivity index (χ0) is 10.9. The molecular formula is C12H25NO2. The minimum atomic E-state index is 0.387. The summed E-state index contributed by atoms with van der Waals surface area (Å²) in [6.45, 7) is 4.26. The van der Waals surface area contributed by atoms with Gasteiger partial charge in [0.1, 0.15) is 0 Å². The van der Waals surface area contributed by atoms with Gasteiger partial charge in [-0.25, -0.2) is 0 Å². The van der Waals surface area contributed by atoms with Crippen molar-refractivity contribution in [3.63, 3.8) is 0 Å². The molecule has 1 N–H and O–H groups in total. The fraction of sp³-hybridized carbons (Fsp3) is 1.00. The molecule has 0 aromatic heterocycles. The minimum absolute atomic E-state index is 0.387. The lowest BCUT2D eigenvalue weighted by molar-refractivity contribution is -0.0111. The van der Waals surface area contributed by atoms with Crippen molar-refractivity contribution in [3.8, 4) is 0 Å². The van der Waals surface area contributed by atoms with Gasteiger partial charge in [-0.1, -0.05) is 19.3 Å². The van der Waals surface area contributed by atoms with E-state index in [2.05, 4.69) is 5.32 Å². The van der Waals surface area contributed by atoms with Crippen LogP contribution in [0.25, 0.3) is 0 Å². The SMILES string of the molecule is CCOCCOC1CCCCCC1NC. The van der Waals surface area contributed by atoms with Gasteiger partial charge in [0.2, 0.25) is 0 Å². The highest BCUT2D eigenvalue weighted by molar-refractivity contribution is 4.78. The molecule has 1 aliphatic carbocycles. The van der Waals surface area contributed by atoms with Gasteiger partial charge in [-0.2, -0.15) is 0 Å². The number of nitrogens with one attached hydrogen (secondary N) is 1. The maximum absolute atomic E-state index is 5.88. The zero-order valence-electron chi connectivity index (χ0n) is 10.1. The summed E-state index contributed by atoms with van der Waals surface area (Å²) in [7, 11) is 2.04. The molecule has 0 aromatic carbocycles. The van der Waals surface area contributed by atoms with Crippen LogP contribution in [0.1, 0.15) is 39.0 Å². The van der Waals surface area contributed by atoms with Crippen molar-refractivity contribution in [2.45, 2.75) is 51.2 Å². The Hall–Kier alpha value is -0.120. The van der Waals surface area contributed by atoms with E-state index in [0.29, 0.717) is 12.1 Å². The van der Waals surface area contributed by atoms with E-state index in [0.717, 1.165) is 19.8 Å². The topological polar surface area (TPSA) is 30.5 Å². The van der Waals surface area contributed by atoms with Crippen molar-refractivity contribution >= 4 is 0 Å². The van der Waals surface area contributed by atoms with E-state index in [1.54, 1.807) is 0 Å². The van der Waals surface area contributed by atoms with Gasteiger partial charge in [0.05, 0.1) is 19.3 Å². The predicted molar refractivity (Wildman–Crippen MR) is 62.2 cm³/mol. The van der Waals surface area contributed by atoms with Crippen LogP contribution in [0, 0.1) is 0 Å². The third-order valence-corrected chi connectivity index (χ3v) is 3.09. The molecule has 0 aliphatic heterocycles. The Morgan fingerprint density at radius 1 is 1.13 bits per heavy atom. The van der Waals surface area contributed by atoms with Gasteiger partial charge in [0.25, 0.3) is 0 Å². The number of ether oxygens (including phenoxy) is 2. The van der Waals surface area contributed by atoms with E-state index in [9.17, 15) is 0 Å². The lowest BCUT2D eigenvalue weighted by atomic mass is 10.1. The molecule has 90 valence electrons. The van der Waals surface area contributed by atoms with Crippen molar-refractivity contribution < 1.29 is 9.47 Å². The summed E-state index contributed by atoms with van der Waals surface area (Å²) in [6.07, 6.45) is 6.81. The molecule has 0 radical (unpaired) electrons.